The fourth-order valence-corrected chi connectivity index (χ4v) is 2.19. The van der Waals surface area contributed by atoms with E-state index in [-0.39, 0.29) is 6.04 Å². The summed E-state index contributed by atoms with van der Waals surface area (Å²) in [6, 6.07) is 0.115. The fraction of sp³-hybridized carbons (Fsp3) is 0.727. The van der Waals surface area contributed by atoms with Gasteiger partial charge in [0, 0.05) is 35.3 Å². The van der Waals surface area contributed by atoms with Crippen molar-refractivity contribution in [1.29, 1.82) is 0 Å². The zero-order valence-corrected chi connectivity index (χ0v) is 10.6. The van der Waals surface area contributed by atoms with Crippen molar-refractivity contribution < 1.29 is 0 Å². The Balaban J connectivity index is 2.42. The van der Waals surface area contributed by atoms with Crippen LogP contribution in [0, 0.1) is 0 Å². The van der Waals surface area contributed by atoms with Gasteiger partial charge in [0.05, 0.1) is 6.20 Å². The highest BCUT2D eigenvalue weighted by atomic mass is 32.2. The van der Waals surface area contributed by atoms with Gasteiger partial charge in [0.1, 0.15) is 0 Å². The van der Waals surface area contributed by atoms with Gasteiger partial charge in [0.2, 0.25) is 0 Å². The van der Waals surface area contributed by atoms with Crippen molar-refractivity contribution in [2.75, 3.05) is 5.75 Å². The molecule has 0 saturated heterocycles. The molecule has 2 unspecified atom stereocenters. The highest BCUT2D eigenvalue weighted by molar-refractivity contribution is 7.99. The quantitative estimate of drug-likeness (QED) is 0.811. The number of nitrogens with zero attached hydrogens (tertiary/aromatic N) is 2. The molecule has 0 spiro atoms. The van der Waals surface area contributed by atoms with E-state index in [2.05, 4.69) is 25.9 Å². The van der Waals surface area contributed by atoms with Crippen LogP contribution < -0.4 is 5.73 Å². The molecule has 0 aliphatic carbocycles. The minimum atomic E-state index is 0.115. The van der Waals surface area contributed by atoms with Crippen molar-refractivity contribution >= 4 is 11.8 Å². The Hall–Kier alpha value is -0.480. The molecule has 1 heterocycles. The first-order chi connectivity index (χ1) is 7.17. The Morgan fingerprint density at radius 3 is 2.80 bits per heavy atom. The maximum absolute atomic E-state index is 6.09. The van der Waals surface area contributed by atoms with Crippen LogP contribution in [0.5, 0.6) is 0 Å². The first kappa shape index (κ1) is 12.6. The van der Waals surface area contributed by atoms with Crippen LogP contribution >= 0.6 is 11.8 Å². The molecule has 0 fully saturated rings. The predicted octanol–water partition coefficient (Wildman–Crippen LogP) is 2.43. The predicted molar refractivity (Wildman–Crippen MR) is 67.0 cm³/mol. The smallest absolute Gasteiger partial charge is 0.0537 e. The molecule has 0 radical (unpaired) electrons. The number of hydrogen-bond donors (Lipinski definition) is 1. The first-order valence-corrected chi connectivity index (χ1v) is 6.61. The van der Waals surface area contributed by atoms with Gasteiger partial charge in [-0.05, 0) is 13.3 Å². The normalized spacial score (nSPS) is 15.2. The summed E-state index contributed by atoms with van der Waals surface area (Å²) < 4.78 is 1.92. The van der Waals surface area contributed by atoms with Crippen LogP contribution in [0.4, 0.5) is 0 Å². The minimum absolute atomic E-state index is 0.115. The minimum Gasteiger partial charge on any atom is -0.323 e. The Labute approximate surface area is 96.4 Å². The van der Waals surface area contributed by atoms with Crippen LogP contribution in [0.25, 0.3) is 0 Å². The molecule has 0 aliphatic heterocycles. The number of hydrogen-bond acceptors (Lipinski definition) is 3. The van der Waals surface area contributed by atoms with Gasteiger partial charge in [0.25, 0.3) is 0 Å². The lowest BCUT2D eigenvalue weighted by Crippen LogP contribution is -2.14. The summed E-state index contributed by atoms with van der Waals surface area (Å²) in [4.78, 5) is 0. The van der Waals surface area contributed by atoms with Gasteiger partial charge >= 0.3 is 0 Å². The van der Waals surface area contributed by atoms with Crippen LogP contribution in [0.1, 0.15) is 38.8 Å². The second kappa shape index (κ2) is 6.18. The summed E-state index contributed by atoms with van der Waals surface area (Å²) in [6.07, 6.45) is 5.12. The summed E-state index contributed by atoms with van der Waals surface area (Å²) >= 11 is 1.93. The molecule has 0 aliphatic rings. The number of rotatable bonds is 6. The van der Waals surface area contributed by atoms with Gasteiger partial charge in [-0.25, -0.2) is 0 Å². The van der Waals surface area contributed by atoms with Crippen molar-refractivity contribution in [2.24, 2.45) is 5.73 Å². The molecule has 0 bridgehead atoms. The third-order valence-corrected chi connectivity index (χ3v) is 3.99. The molecule has 3 nitrogen and oxygen atoms in total. The third kappa shape index (κ3) is 3.87. The Morgan fingerprint density at radius 1 is 1.53 bits per heavy atom. The van der Waals surface area contributed by atoms with Crippen LogP contribution in [0.15, 0.2) is 12.4 Å². The first-order valence-electron chi connectivity index (χ1n) is 5.56. The summed E-state index contributed by atoms with van der Waals surface area (Å²) in [6.45, 7) is 7.44. The summed E-state index contributed by atoms with van der Waals surface area (Å²) in [5, 5.41) is 4.92. The molecule has 0 amide bonds. The molecule has 86 valence electrons. The zero-order valence-electron chi connectivity index (χ0n) is 9.81. The Bertz CT molecular complexity index is 285. The van der Waals surface area contributed by atoms with E-state index in [0.29, 0.717) is 5.25 Å². The molecule has 15 heavy (non-hydrogen) atoms. The molecular weight excluding hydrogens is 206 g/mol. The molecule has 1 aromatic rings. The van der Waals surface area contributed by atoms with Gasteiger partial charge < -0.3 is 5.73 Å². The number of aryl methyl sites for hydroxylation is 1. The lowest BCUT2D eigenvalue weighted by molar-refractivity contribution is 0.658. The number of thioether (sulfide) groups is 1. The van der Waals surface area contributed by atoms with Crippen molar-refractivity contribution in [1.82, 2.24) is 9.78 Å². The van der Waals surface area contributed by atoms with Gasteiger partial charge in [0.15, 0.2) is 0 Å². The zero-order chi connectivity index (χ0) is 11.3. The van der Waals surface area contributed by atoms with E-state index in [1.54, 1.807) is 0 Å². The average Bonchev–Trinajstić information content (AvgIpc) is 2.73. The van der Waals surface area contributed by atoms with E-state index in [9.17, 15) is 0 Å². The summed E-state index contributed by atoms with van der Waals surface area (Å²) in [5.74, 6) is 0.977. The maximum atomic E-state index is 6.09. The molecule has 4 heteroatoms. The second-order valence-electron chi connectivity index (χ2n) is 3.79. The fourth-order valence-electron chi connectivity index (χ4n) is 1.23. The topological polar surface area (TPSA) is 43.8 Å². The van der Waals surface area contributed by atoms with Crippen molar-refractivity contribution in [3.05, 3.63) is 18.0 Å². The summed E-state index contributed by atoms with van der Waals surface area (Å²) in [7, 11) is 0. The van der Waals surface area contributed by atoms with Gasteiger partial charge in [-0.3, -0.25) is 4.68 Å². The second-order valence-corrected chi connectivity index (χ2v) is 5.26. The van der Waals surface area contributed by atoms with Gasteiger partial charge in [-0.15, -0.1) is 0 Å². The van der Waals surface area contributed by atoms with Gasteiger partial charge in [-0.2, -0.15) is 16.9 Å². The molecule has 2 atom stereocenters. The molecule has 0 saturated carbocycles. The SMILES string of the molecule is CCC(C)SCC(N)c1cnn(CC)c1. The molecule has 1 rings (SSSR count). The lowest BCUT2D eigenvalue weighted by Gasteiger charge is -2.12. The molecule has 1 aromatic heterocycles. The standard InChI is InChI=1S/C11H21N3S/c1-4-9(3)15-8-11(12)10-6-13-14(5-2)7-10/h6-7,9,11H,4-5,8,12H2,1-3H3. The monoisotopic (exact) mass is 227 g/mol. The van der Waals surface area contributed by atoms with E-state index >= 15 is 0 Å². The van der Waals surface area contributed by atoms with Crippen LogP contribution in [-0.4, -0.2) is 20.8 Å². The van der Waals surface area contributed by atoms with Gasteiger partial charge in [-0.1, -0.05) is 13.8 Å². The van der Waals surface area contributed by atoms with Crippen molar-refractivity contribution in [3.8, 4) is 0 Å². The lowest BCUT2D eigenvalue weighted by atomic mass is 10.2. The average molecular weight is 227 g/mol. The Kier molecular flexibility index (Phi) is 5.19. The highest BCUT2D eigenvalue weighted by Gasteiger charge is 2.10. The van der Waals surface area contributed by atoms with Crippen LogP contribution in [0.2, 0.25) is 0 Å². The van der Waals surface area contributed by atoms with E-state index in [1.807, 2.05) is 28.8 Å². The van der Waals surface area contributed by atoms with E-state index in [1.165, 1.54) is 6.42 Å². The van der Waals surface area contributed by atoms with E-state index in [4.69, 9.17) is 5.73 Å². The molecule has 0 aromatic carbocycles. The summed E-state index contributed by atoms with van der Waals surface area (Å²) in [5.41, 5.74) is 7.24. The van der Waals surface area contributed by atoms with Crippen LogP contribution in [0.3, 0.4) is 0 Å². The van der Waals surface area contributed by atoms with E-state index in [0.717, 1.165) is 17.9 Å². The highest BCUT2D eigenvalue weighted by Crippen LogP contribution is 2.20. The molecule has 2 N–H and O–H groups in total. The maximum Gasteiger partial charge on any atom is 0.0537 e. The third-order valence-electron chi connectivity index (χ3n) is 2.54. The Morgan fingerprint density at radius 2 is 2.27 bits per heavy atom. The van der Waals surface area contributed by atoms with Crippen LogP contribution in [-0.2, 0) is 6.54 Å². The van der Waals surface area contributed by atoms with Crippen molar-refractivity contribution in [3.63, 3.8) is 0 Å². The largest absolute Gasteiger partial charge is 0.323 e. The molecular formula is C11H21N3S. The van der Waals surface area contributed by atoms with Crippen molar-refractivity contribution in [2.45, 2.75) is 45.0 Å². The number of nitrogens with two attached hydrogens (primary N) is 1. The van der Waals surface area contributed by atoms with E-state index < -0.39 is 0 Å². The number of aromatic nitrogens is 2.